The Bertz CT molecular complexity index is 599. The minimum atomic E-state index is 0.337. The lowest BCUT2D eigenvalue weighted by Gasteiger charge is -2.23. The van der Waals surface area contributed by atoms with Gasteiger partial charge in [0.05, 0.1) is 17.6 Å². The van der Waals surface area contributed by atoms with Crippen LogP contribution in [0.15, 0.2) is 24.3 Å². The normalized spacial score (nSPS) is 18.8. The van der Waals surface area contributed by atoms with E-state index in [9.17, 15) is 0 Å². The summed E-state index contributed by atoms with van der Waals surface area (Å²) in [5.74, 6) is 0.437. The molecule has 5 heteroatoms. The molecular weight excluding hydrogens is 286 g/mol. The van der Waals surface area contributed by atoms with Crippen molar-refractivity contribution in [1.82, 2.24) is 15.3 Å². The number of halogens is 1. The van der Waals surface area contributed by atoms with Gasteiger partial charge in [-0.05, 0) is 44.4 Å². The number of fused-ring (bicyclic) bond motifs is 1. The maximum Gasteiger partial charge on any atom is 0.252 e. The second-order valence-electron chi connectivity index (χ2n) is 5.45. The molecule has 0 unspecified atom stereocenters. The third kappa shape index (κ3) is 3.83. The molecular formula is C16H20ClN3O. The van der Waals surface area contributed by atoms with E-state index in [-0.39, 0.29) is 0 Å². The Morgan fingerprint density at radius 2 is 2.00 bits per heavy atom. The highest BCUT2D eigenvalue weighted by atomic mass is 35.5. The summed E-state index contributed by atoms with van der Waals surface area (Å²) in [4.78, 5) is 8.74. The van der Waals surface area contributed by atoms with E-state index in [0.717, 1.165) is 30.4 Å². The first-order valence-electron chi connectivity index (χ1n) is 7.61. The molecule has 1 aromatic carbocycles. The SMILES string of the molecule is Clc1nc2ccccc2nc1OCCC[C@H]1CCCCN1. The third-order valence-electron chi connectivity index (χ3n) is 3.85. The van der Waals surface area contributed by atoms with Gasteiger partial charge in [-0.2, -0.15) is 0 Å². The van der Waals surface area contributed by atoms with Gasteiger partial charge < -0.3 is 10.1 Å². The van der Waals surface area contributed by atoms with Gasteiger partial charge in [0.1, 0.15) is 0 Å². The average Bonchev–Trinajstić information content (AvgIpc) is 2.53. The highest BCUT2D eigenvalue weighted by Gasteiger charge is 2.12. The van der Waals surface area contributed by atoms with Gasteiger partial charge in [-0.15, -0.1) is 0 Å². The van der Waals surface area contributed by atoms with Crippen molar-refractivity contribution in [2.75, 3.05) is 13.2 Å². The van der Waals surface area contributed by atoms with E-state index < -0.39 is 0 Å². The third-order valence-corrected chi connectivity index (χ3v) is 4.09. The van der Waals surface area contributed by atoms with Gasteiger partial charge in [0.2, 0.25) is 0 Å². The van der Waals surface area contributed by atoms with Crippen LogP contribution in [0.4, 0.5) is 0 Å². The Hall–Kier alpha value is -1.39. The number of para-hydroxylation sites is 2. The summed E-state index contributed by atoms with van der Waals surface area (Å²) in [7, 11) is 0. The maximum absolute atomic E-state index is 6.12. The Kier molecular flexibility index (Phi) is 4.88. The van der Waals surface area contributed by atoms with Crippen molar-refractivity contribution in [2.45, 2.75) is 38.1 Å². The predicted molar refractivity (Wildman–Crippen MR) is 84.9 cm³/mol. The number of benzene rings is 1. The van der Waals surface area contributed by atoms with Crippen molar-refractivity contribution in [3.05, 3.63) is 29.4 Å². The van der Waals surface area contributed by atoms with Crippen molar-refractivity contribution in [1.29, 1.82) is 0 Å². The zero-order chi connectivity index (χ0) is 14.5. The van der Waals surface area contributed by atoms with Crippen LogP contribution in [0.3, 0.4) is 0 Å². The first kappa shape index (κ1) is 14.5. The topological polar surface area (TPSA) is 47.0 Å². The summed E-state index contributed by atoms with van der Waals surface area (Å²) >= 11 is 6.12. The van der Waals surface area contributed by atoms with Crippen LogP contribution in [0.1, 0.15) is 32.1 Å². The molecule has 112 valence electrons. The van der Waals surface area contributed by atoms with Crippen molar-refractivity contribution in [2.24, 2.45) is 0 Å². The highest BCUT2D eigenvalue weighted by Crippen LogP contribution is 2.23. The number of rotatable bonds is 5. The molecule has 1 N–H and O–H groups in total. The minimum Gasteiger partial charge on any atom is -0.475 e. The molecule has 0 spiro atoms. The molecule has 1 aliphatic heterocycles. The van der Waals surface area contributed by atoms with Crippen LogP contribution in [0, 0.1) is 0 Å². The van der Waals surface area contributed by atoms with Crippen LogP contribution in [0.5, 0.6) is 5.88 Å². The van der Waals surface area contributed by atoms with E-state index in [2.05, 4.69) is 15.3 Å². The van der Waals surface area contributed by atoms with E-state index in [1.165, 1.54) is 19.3 Å². The van der Waals surface area contributed by atoms with Crippen molar-refractivity contribution < 1.29 is 4.74 Å². The second-order valence-corrected chi connectivity index (χ2v) is 5.80. The Balaban J connectivity index is 1.53. The van der Waals surface area contributed by atoms with Gasteiger partial charge in [0.25, 0.3) is 5.88 Å². The molecule has 0 bridgehead atoms. The number of aromatic nitrogens is 2. The summed E-state index contributed by atoms with van der Waals surface area (Å²) in [5, 5.41) is 3.88. The second kappa shape index (κ2) is 7.05. The molecule has 1 atom stereocenters. The lowest BCUT2D eigenvalue weighted by atomic mass is 10.0. The molecule has 4 nitrogen and oxygen atoms in total. The fraction of sp³-hybridized carbons (Fsp3) is 0.500. The van der Waals surface area contributed by atoms with Gasteiger partial charge >= 0.3 is 0 Å². The van der Waals surface area contributed by atoms with Crippen molar-refractivity contribution in [3.8, 4) is 5.88 Å². The number of nitrogens with one attached hydrogen (secondary N) is 1. The lowest BCUT2D eigenvalue weighted by molar-refractivity contribution is 0.277. The Morgan fingerprint density at radius 1 is 1.19 bits per heavy atom. The Morgan fingerprint density at radius 3 is 2.76 bits per heavy atom. The molecule has 3 rings (SSSR count). The maximum atomic E-state index is 6.12. The van der Waals surface area contributed by atoms with E-state index in [4.69, 9.17) is 16.3 Å². The predicted octanol–water partition coefficient (Wildman–Crippen LogP) is 3.58. The number of ether oxygens (including phenoxy) is 1. The lowest BCUT2D eigenvalue weighted by Crippen LogP contribution is -2.34. The van der Waals surface area contributed by atoms with Crippen LogP contribution in [0.25, 0.3) is 11.0 Å². The Labute approximate surface area is 129 Å². The summed E-state index contributed by atoms with van der Waals surface area (Å²) < 4.78 is 5.70. The van der Waals surface area contributed by atoms with E-state index >= 15 is 0 Å². The van der Waals surface area contributed by atoms with Gasteiger partial charge in [0.15, 0.2) is 5.15 Å². The number of piperidine rings is 1. The number of nitrogens with zero attached hydrogens (tertiary/aromatic N) is 2. The molecule has 21 heavy (non-hydrogen) atoms. The monoisotopic (exact) mass is 305 g/mol. The number of hydrogen-bond acceptors (Lipinski definition) is 4. The summed E-state index contributed by atoms with van der Waals surface area (Å²) in [5.41, 5.74) is 1.60. The van der Waals surface area contributed by atoms with E-state index in [0.29, 0.717) is 23.7 Å². The standard InChI is InChI=1S/C16H20ClN3O/c17-15-16(20-14-9-2-1-8-13(14)19-15)21-11-5-7-12-6-3-4-10-18-12/h1-2,8-9,12,18H,3-7,10-11H2/t12-/m1/s1. The quantitative estimate of drug-likeness (QED) is 0.858. The minimum absolute atomic E-state index is 0.337. The zero-order valence-corrected chi connectivity index (χ0v) is 12.8. The van der Waals surface area contributed by atoms with E-state index in [1.807, 2.05) is 24.3 Å². The van der Waals surface area contributed by atoms with Gasteiger partial charge in [-0.1, -0.05) is 30.2 Å². The molecule has 0 aliphatic carbocycles. The molecule has 0 saturated carbocycles. The van der Waals surface area contributed by atoms with Gasteiger partial charge in [0, 0.05) is 6.04 Å². The zero-order valence-electron chi connectivity index (χ0n) is 12.0. The molecule has 1 aromatic heterocycles. The van der Waals surface area contributed by atoms with Crippen molar-refractivity contribution >= 4 is 22.6 Å². The smallest absolute Gasteiger partial charge is 0.252 e. The number of hydrogen-bond donors (Lipinski definition) is 1. The van der Waals surface area contributed by atoms with E-state index in [1.54, 1.807) is 0 Å². The average molecular weight is 306 g/mol. The summed E-state index contributed by atoms with van der Waals surface area (Å²) in [6.07, 6.45) is 6.05. The van der Waals surface area contributed by atoms with Crippen molar-refractivity contribution in [3.63, 3.8) is 0 Å². The van der Waals surface area contributed by atoms with Crippen LogP contribution in [-0.2, 0) is 0 Å². The fourth-order valence-corrected chi connectivity index (χ4v) is 2.91. The molecule has 0 amide bonds. The summed E-state index contributed by atoms with van der Waals surface area (Å²) in [6, 6.07) is 8.30. The van der Waals surface area contributed by atoms with Crippen LogP contribution < -0.4 is 10.1 Å². The fourth-order valence-electron chi connectivity index (χ4n) is 2.72. The van der Waals surface area contributed by atoms with Crippen LogP contribution in [-0.4, -0.2) is 29.2 Å². The van der Waals surface area contributed by atoms with Gasteiger partial charge in [-0.25, -0.2) is 9.97 Å². The molecule has 2 heterocycles. The summed E-state index contributed by atoms with van der Waals surface area (Å²) in [6.45, 7) is 1.78. The first-order chi connectivity index (χ1) is 10.3. The molecule has 1 saturated heterocycles. The highest BCUT2D eigenvalue weighted by molar-refractivity contribution is 6.31. The first-order valence-corrected chi connectivity index (χ1v) is 7.99. The van der Waals surface area contributed by atoms with Crippen LogP contribution >= 0.6 is 11.6 Å². The molecule has 0 radical (unpaired) electrons. The molecule has 2 aromatic rings. The van der Waals surface area contributed by atoms with Gasteiger partial charge in [-0.3, -0.25) is 0 Å². The molecule has 1 aliphatic rings. The van der Waals surface area contributed by atoms with Crippen LogP contribution in [0.2, 0.25) is 5.15 Å². The molecule has 1 fully saturated rings. The largest absolute Gasteiger partial charge is 0.475 e.